The van der Waals surface area contributed by atoms with Gasteiger partial charge in [0.1, 0.15) is 18.4 Å². The normalized spacial score (nSPS) is 12.0. The number of hydrogen-bond acceptors (Lipinski definition) is 4. The number of amides is 2. The molecule has 3 aromatic rings. The molecule has 0 aromatic heterocycles. The molecule has 0 bridgehead atoms. The van der Waals surface area contributed by atoms with Crippen LogP contribution in [-0.4, -0.2) is 50.8 Å². The van der Waals surface area contributed by atoms with Crippen LogP contribution in [0.2, 0.25) is 0 Å². The van der Waals surface area contributed by atoms with E-state index in [1.807, 2.05) is 44.2 Å². The standard InChI is InChI=1S/C29H34FN3O4S/c1-4-19-31-29(35)23(3)32(20-18-24-8-6-5-7-9-24)28(34)21-33(26-14-10-22(2)11-15-26)38(36,37)27-16-12-25(30)13-17-27/h5-17,23H,4,18-21H2,1-3H3,(H,31,35)/t23-/m0/s1. The van der Waals surface area contributed by atoms with Crippen LogP contribution in [-0.2, 0) is 26.0 Å². The predicted octanol–water partition coefficient (Wildman–Crippen LogP) is 4.32. The molecule has 9 heteroatoms. The van der Waals surface area contributed by atoms with Crippen molar-refractivity contribution in [3.05, 3.63) is 95.8 Å². The molecule has 3 aromatic carbocycles. The number of rotatable bonds is 12. The summed E-state index contributed by atoms with van der Waals surface area (Å²) in [6, 6.07) is 20.0. The van der Waals surface area contributed by atoms with Gasteiger partial charge in [-0.2, -0.15) is 0 Å². The first-order chi connectivity index (χ1) is 18.1. The van der Waals surface area contributed by atoms with Gasteiger partial charge >= 0.3 is 0 Å². The first-order valence-corrected chi connectivity index (χ1v) is 14.0. The van der Waals surface area contributed by atoms with Crippen molar-refractivity contribution in [1.29, 1.82) is 0 Å². The van der Waals surface area contributed by atoms with Crippen molar-refractivity contribution < 1.29 is 22.4 Å². The summed E-state index contributed by atoms with van der Waals surface area (Å²) in [7, 11) is -4.22. The Morgan fingerprint density at radius 1 is 0.947 bits per heavy atom. The Hall–Kier alpha value is -3.72. The summed E-state index contributed by atoms with van der Waals surface area (Å²) in [5, 5.41) is 2.82. The number of nitrogens with one attached hydrogen (secondary N) is 1. The zero-order valence-corrected chi connectivity index (χ0v) is 22.7. The van der Waals surface area contributed by atoms with Crippen LogP contribution in [0, 0.1) is 12.7 Å². The second-order valence-corrected chi connectivity index (χ2v) is 11.0. The molecular weight excluding hydrogens is 505 g/mol. The van der Waals surface area contributed by atoms with Crippen LogP contribution in [0.3, 0.4) is 0 Å². The molecule has 7 nitrogen and oxygen atoms in total. The van der Waals surface area contributed by atoms with E-state index in [2.05, 4.69) is 5.32 Å². The summed E-state index contributed by atoms with van der Waals surface area (Å²) >= 11 is 0. The van der Waals surface area contributed by atoms with Crippen molar-refractivity contribution in [3.8, 4) is 0 Å². The zero-order chi connectivity index (χ0) is 27.7. The molecule has 202 valence electrons. The Morgan fingerprint density at radius 2 is 1.58 bits per heavy atom. The Morgan fingerprint density at radius 3 is 2.18 bits per heavy atom. The summed E-state index contributed by atoms with van der Waals surface area (Å²) < 4.78 is 41.9. The van der Waals surface area contributed by atoms with Gasteiger partial charge in [-0.25, -0.2) is 12.8 Å². The number of anilines is 1. The minimum absolute atomic E-state index is 0.142. The lowest BCUT2D eigenvalue weighted by Crippen LogP contribution is -2.52. The van der Waals surface area contributed by atoms with E-state index in [0.717, 1.165) is 34.0 Å². The molecular formula is C29H34FN3O4S. The van der Waals surface area contributed by atoms with Gasteiger partial charge in [0.2, 0.25) is 11.8 Å². The summed E-state index contributed by atoms with van der Waals surface area (Å²) in [6.45, 7) is 5.61. The lowest BCUT2D eigenvalue weighted by molar-refractivity contribution is -0.138. The van der Waals surface area contributed by atoms with Crippen LogP contribution >= 0.6 is 0 Å². The first kappa shape index (κ1) is 28.8. The quantitative estimate of drug-likeness (QED) is 0.372. The molecule has 0 heterocycles. The smallest absolute Gasteiger partial charge is 0.264 e. The molecule has 3 rings (SSSR count). The molecule has 0 saturated carbocycles. The number of halogens is 1. The van der Waals surface area contributed by atoms with Crippen LogP contribution in [0.25, 0.3) is 0 Å². The van der Waals surface area contributed by atoms with Gasteiger partial charge in [0.15, 0.2) is 0 Å². The highest BCUT2D eigenvalue weighted by Crippen LogP contribution is 2.25. The number of benzene rings is 3. The van der Waals surface area contributed by atoms with Crippen molar-refractivity contribution in [1.82, 2.24) is 10.2 Å². The van der Waals surface area contributed by atoms with Crippen molar-refractivity contribution in [3.63, 3.8) is 0 Å². The average Bonchev–Trinajstić information content (AvgIpc) is 2.91. The fourth-order valence-electron chi connectivity index (χ4n) is 3.94. The van der Waals surface area contributed by atoms with Crippen molar-refractivity contribution in [2.75, 3.05) is 23.9 Å². The highest BCUT2D eigenvalue weighted by molar-refractivity contribution is 7.92. The molecule has 2 amide bonds. The van der Waals surface area contributed by atoms with Crippen LogP contribution in [0.1, 0.15) is 31.4 Å². The summed E-state index contributed by atoms with van der Waals surface area (Å²) in [6.07, 6.45) is 1.24. The summed E-state index contributed by atoms with van der Waals surface area (Å²) in [5.74, 6) is -1.40. The molecule has 0 aliphatic rings. The monoisotopic (exact) mass is 539 g/mol. The van der Waals surface area contributed by atoms with Gasteiger partial charge < -0.3 is 10.2 Å². The van der Waals surface area contributed by atoms with Gasteiger partial charge in [-0.15, -0.1) is 0 Å². The third-order valence-corrected chi connectivity index (χ3v) is 7.99. The van der Waals surface area contributed by atoms with E-state index in [4.69, 9.17) is 0 Å². The van der Waals surface area contributed by atoms with Gasteiger partial charge in [-0.3, -0.25) is 13.9 Å². The average molecular weight is 540 g/mol. The van der Waals surface area contributed by atoms with E-state index >= 15 is 0 Å². The lowest BCUT2D eigenvalue weighted by Gasteiger charge is -2.32. The minimum atomic E-state index is -4.22. The third kappa shape index (κ3) is 7.41. The molecule has 1 N–H and O–H groups in total. The van der Waals surface area contributed by atoms with E-state index in [1.54, 1.807) is 31.2 Å². The molecule has 38 heavy (non-hydrogen) atoms. The number of aryl methyl sites for hydroxylation is 1. The molecule has 0 aliphatic carbocycles. The van der Waals surface area contributed by atoms with Gasteiger partial charge in [-0.1, -0.05) is 55.0 Å². The maximum Gasteiger partial charge on any atom is 0.264 e. The molecule has 0 fully saturated rings. The summed E-state index contributed by atoms with van der Waals surface area (Å²) in [4.78, 5) is 27.9. The molecule has 0 saturated heterocycles. The molecule has 0 spiro atoms. The van der Waals surface area contributed by atoms with E-state index in [0.29, 0.717) is 18.7 Å². The van der Waals surface area contributed by atoms with E-state index in [1.165, 1.54) is 17.0 Å². The second-order valence-electron chi connectivity index (χ2n) is 9.09. The third-order valence-electron chi connectivity index (χ3n) is 6.20. The zero-order valence-electron chi connectivity index (χ0n) is 21.9. The number of nitrogens with zero attached hydrogens (tertiary/aromatic N) is 2. The Balaban J connectivity index is 1.95. The second kappa shape index (κ2) is 13.2. The maximum atomic E-state index is 13.7. The number of hydrogen-bond donors (Lipinski definition) is 1. The van der Waals surface area contributed by atoms with E-state index in [-0.39, 0.29) is 17.3 Å². The van der Waals surface area contributed by atoms with Crippen LogP contribution in [0.15, 0.2) is 83.8 Å². The van der Waals surface area contributed by atoms with Crippen molar-refractivity contribution in [2.45, 2.75) is 44.6 Å². The molecule has 0 radical (unpaired) electrons. The van der Waals surface area contributed by atoms with Gasteiger partial charge in [0.05, 0.1) is 10.6 Å². The maximum absolute atomic E-state index is 13.7. The first-order valence-electron chi connectivity index (χ1n) is 12.6. The fourth-order valence-corrected chi connectivity index (χ4v) is 5.35. The van der Waals surface area contributed by atoms with Gasteiger partial charge in [0.25, 0.3) is 10.0 Å². The van der Waals surface area contributed by atoms with E-state index in [9.17, 15) is 22.4 Å². The Kier molecular flexibility index (Phi) is 10.0. The number of carbonyl (C=O) groups is 2. The number of carbonyl (C=O) groups excluding carboxylic acids is 2. The van der Waals surface area contributed by atoms with Crippen molar-refractivity contribution in [2.24, 2.45) is 0 Å². The largest absolute Gasteiger partial charge is 0.354 e. The Labute approximate surface area is 224 Å². The minimum Gasteiger partial charge on any atom is -0.354 e. The van der Waals surface area contributed by atoms with Gasteiger partial charge in [0, 0.05) is 13.1 Å². The van der Waals surface area contributed by atoms with Crippen molar-refractivity contribution >= 4 is 27.5 Å². The van der Waals surface area contributed by atoms with Gasteiger partial charge in [-0.05, 0) is 68.7 Å². The molecule has 1 atom stereocenters. The fraction of sp³-hybridized carbons (Fsp3) is 0.310. The highest BCUT2D eigenvalue weighted by Gasteiger charge is 2.32. The van der Waals surface area contributed by atoms with Crippen LogP contribution < -0.4 is 9.62 Å². The molecule has 0 unspecified atom stereocenters. The Bertz CT molecular complexity index is 1310. The lowest BCUT2D eigenvalue weighted by atomic mass is 10.1. The van der Waals surface area contributed by atoms with E-state index < -0.39 is 34.3 Å². The predicted molar refractivity (Wildman–Crippen MR) is 147 cm³/mol. The van der Waals surface area contributed by atoms with Crippen LogP contribution in [0.4, 0.5) is 10.1 Å². The highest BCUT2D eigenvalue weighted by atomic mass is 32.2. The molecule has 0 aliphatic heterocycles. The number of sulfonamides is 1. The van der Waals surface area contributed by atoms with Crippen LogP contribution in [0.5, 0.6) is 0 Å². The topological polar surface area (TPSA) is 86.8 Å². The SMILES string of the molecule is CCCNC(=O)[C@H](C)N(CCc1ccccc1)C(=O)CN(c1ccc(C)cc1)S(=O)(=O)c1ccc(F)cc1. The summed E-state index contributed by atoms with van der Waals surface area (Å²) in [5.41, 5.74) is 2.20.